The molecule has 1 saturated carbocycles. The third-order valence-electron chi connectivity index (χ3n) is 4.21. The number of aromatic nitrogens is 1. The predicted octanol–water partition coefficient (Wildman–Crippen LogP) is 0.357. The number of guanidine groups is 1. The molecule has 2 aliphatic rings. The molecule has 1 aliphatic carbocycles. The van der Waals surface area contributed by atoms with E-state index in [2.05, 4.69) is 31.5 Å². The van der Waals surface area contributed by atoms with Crippen LogP contribution < -0.4 is 21.5 Å². The molecule has 3 rings (SSSR count). The van der Waals surface area contributed by atoms with Gasteiger partial charge in [0.1, 0.15) is 0 Å². The highest BCUT2D eigenvalue weighted by atomic mass is 16.2. The third-order valence-corrected chi connectivity index (χ3v) is 4.21. The van der Waals surface area contributed by atoms with Crippen LogP contribution >= 0.6 is 0 Å². The Kier molecular flexibility index (Phi) is 5.37. The number of nitrogens with one attached hydrogen (secondary N) is 4. The molecule has 1 aromatic rings. The average Bonchev–Trinajstić information content (AvgIpc) is 3.26. The van der Waals surface area contributed by atoms with E-state index in [-0.39, 0.29) is 24.5 Å². The first-order chi connectivity index (χ1) is 11.7. The lowest BCUT2D eigenvalue weighted by molar-refractivity contribution is -0.126. The number of carbonyl (C=O) groups is 2. The Morgan fingerprint density at radius 1 is 1.21 bits per heavy atom. The molecule has 128 valence electrons. The van der Waals surface area contributed by atoms with E-state index in [4.69, 9.17) is 0 Å². The maximum absolute atomic E-state index is 11.9. The van der Waals surface area contributed by atoms with Crippen molar-refractivity contribution >= 4 is 17.8 Å². The lowest BCUT2D eigenvalue weighted by atomic mass is 10.0. The van der Waals surface area contributed by atoms with E-state index in [1.165, 1.54) is 12.8 Å². The van der Waals surface area contributed by atoms with Gasteiger partial charge >= 0.3 is 0 Å². The van der Waals surface area contributed by atoms with Gasteiger partial charge in [-0.2, -0.15) is 0 Å². The van der Waals surface area contributed by atoms with Crippen molar-refractivity contribution in [3.05, 3.63) is 30.1 Å². The van der Waals surface area contributed by atoms with E-state index >= 15 is 0 Å². The molecule has 24 heavy (non-hydrogen) atoms. The molecule has 4 N–H and O–H groups in total. The number of hydrogen-bond acceptors (Lipinski definition) is 6. The van der Waals surface area contributed by atoms with Crippen LogP contribution in [0.4, 0.5) is 0 Å². The summed E-state index contributed by atoms with van der Waals surface area (Å²) in [7, 11) is 0. The molecule has 1 unspecified atom stereocenters. The van der Waals surface area contributed by atoms with Crippen LogP contribution in [-0.2, 0) is 9.59 Å². The van der Waals surface area contributed by atoms with Gasteiger partial charge in [0.05, 0.1) is 12.2 Å². The van der Waals surface area contributed by atoms with E-state index < -0.39 is 0 Å². The van der Waals surface area contributed by atoms with Gasteiger partial charge in [-0.1, -0.05) is 18.9 Å². The molecule has 1 aliphatic heterocycles. The zero-order chi connectivity index (χ0) is 16.8. The van der Waals surface area contributed by atoms with Crippen LogP contribution in [0.15, 0.2) is 29.4 Å². The molecule has 0 aromatic carbocycles. The zero-order valence-electron chi connectivity index (χ0n) is 13.4. The van der Waals surface area contributed by atoms with Gasteiger partial charge in [-0.05, 0) is 30.9 Å². The summed E-state index contributed by atoms with van der Waals surface area (Å²) in [5.74, 6) is 0.408. The molecule has 0 bridgehead atoms. The van der Waals surface area contributed by atoms with E-state index in [1.807, 2.05) is 18.2 Å². The van der Waals surface area contributed by atoms with Crippen molar-refractivity contribution in [1.82, 2.24) is 26.5 Å². The van der Waals surface area contributed by atoms with Crippen LogP contribution in [0.5, 0.6) is 0 Å². The summed E-state index contributed by atoms with van der Waals surface area (Å²) in [6.07, 6.45) is 6.47. The minimum absolute atomic E-state index is 0.0551. The highest BCUT2D eigenvalue weighted by Gasteiger charge is 2.21. The fraction of sp³-hybridized carbons (Fsp3) is 0.500. The predicted molar refractivity (Wildman–Crippen MR) is 88.4 cm³/mol. The standard InChI is InChI=1S/C16H22N6O2/c23-13(9-11-5-1-2-6-11)18-10-14(24)19-16-20-15(21-22-16)12-7-3-4-8-17-12/h3-4,7-8,11,15,21H,1-2,5-6,9-10H2,(H,18,23)(H2,19,20,22,24). The molecular formula is C16H22N6O2. The largest absolute Gasteiger partial charge is 0.347 e. The van der Waals surface area contributed by atoms with E-state index in [9.17, 15) is 9.59 Å². The summed E-state index contributed by atoms with van der Waals surface area (Å²) in [6, 6.07) is 5.54. The zero-order valence-corrected chi connectivity index (χ0v) is 13.4. The van der Waals surface area contributed by atoms with Crippen molar-refractivity contribution in [2.45, 2.75) is 38.3 Å². The van der Waals surface area contributed by atoms with Gasteiger partial charge in [-0.15, -0.1) is 0 Å². The second-order valence-electron chi connectivity index (χ2n) is 6.08. The molecular weight excluding hydrogens is 308 g/mol. The Bertz CT molecular complexity index is 612. The van der Waals surface area contributed by atoms with E-state index in [0.717, 1.165) is 18.5 Å². The summed E-state index contributed by atoms with van der Waals surface area (Å²) in [4.78, 5) is 32.2. The van der Waals surface area contributed by atoms with Gasteiger partial charge in [0.2, 0.25) is 17.8 Å². The summed E-state index contributed by atoms with van der Waals surface area (Å²) in [5.41, 5.74) is 6.47. The quantitative estimate of drug-likeness (QED) is 0.623. The number of aliphatic imine (C=N–C) groups is 1. The number of hydrazine groups is 1. The Hall–Kier alpha value is -2.48. The van der Waals surface area contributed by atoms with Gasteiger partial charge in [-0.3, -0.25) is 25.3 Å². The van der Waals surface area contributed by atoms with Crippen molar-refractivity contribution < 1.29 is 9.59 Å². The first-order valence-electron chi connectivity index (χ1n) is 8.27. The van der Waals surface area contributed by atoms with Gasteiger partial charge in [0.25, 0.3) is 0 Å². The van der Waals surface area contributed by atoms with Crippen LogP contribution in [0.1, 0.15) is 44.0 Å². The fourth-order valence-corrected chi connectivity index (χ4v) is 2.98. The molecule has 1 atom stereocenters. The van der Waals surface area contributed by atoms with Crippen molar-refractivity contribution in [2.24, 2.45) is 10.9 Å². The minimum Gasteiger partial charge on any atom is -0.347 e. The molecule has 0 radical (unpaired) electrons. The van der Waals surface area contributed by atoms with Crippen LogP contribution in [0.25, 0.3) is 0 Å². The number of hydrogen-bond donors (Lipinski definition) is 4. The third kappa shape index (κ3) is 4.51. The molecule has 1 fully saturated rings. The van der Waals surface area contributed by atoms with Crippen LogP contribution in [-0.4, -0.2) is 29.3 Å². The molecule has 8 heteroatoms. The van der Waals surface area contributed by atoms with E-state index in [0.29, 0.717) is 18.3 Å². The maximum atomic E-state index is 11.9. The number of amides is 2. The smallest absolute Gasteiger partial charge is 0.246 e. The molecule has 0 spiro atoms. The normalized spacial score (nSPS) is 20.3. The van der Waals surface area contributed by atoms with Gasteiger partial charge < -0.3 is 5.32 Å². The SMILES string of the molecule is O=C(CC1CCCC1)NCC(=O)NC1=NC(c2ccccn2)NN1. The molecule has 1 aromatic heterocycles. The summed E-state index contributed by atoms with van der Waals surface area (Å²) in [5, 5.41) is 5.28. The fourth-order valence-electron chi connectivity index (χ4n) is 2.98. The van der Waals surface area contributed by atoms with Crippen molar-refractivity contribution in [1.29, 1.82) is 0 Å². The first kappa shape index (κ1) is 16.4. The topological polar surface area (TPSA) is 108 Å². The number of rotatable bonds is 5. The van der Waals surface area contributed by atoms with Crippen LogP contribution in [0.3, 0.4) is 0 Å². The Morgan fingerprint density at radius 2 is 2.04 bits per heavy atom. The highest BCUT2D eigenvalue weighted by Crippen LogP contribution is 2.27. The highest BCUT2D eigenvalue weighted by molar-refractivity contribution is 5.99. The number of nitrogens with zero attached hydrogens (tertiary/aromatic N) is 2. The van der Waals surface area contributed by atoms with Crippen LogP contribution in [0, 0.1) is 5.92 Å². The van der Waals surface area contributed by atoms with Gasteiger partial charge in [0.15, 0.2) is 6.17 Å². The monoisotopic (exact) mass is 330 g/mol. The Morgan fingerprint density at radius 3 is 2.79 bits per heavy atom. The van der Waals surface area contributed by atoms with Gasteiger partial charge in [-0.25, -0.2) is 10.4 Å². The van der Waals surface area contributed by atoms with E-state index in [1.54, 1.807) is 6.20 Å². The summed E-state index contributed by atoms with van der Waals surface area (Å²) >= 11 is 0. The molecule has 2 amide bonds. The second kappa shape index (κ2) is 7.87. The first-order valence-corrected chi connectivity index (χ1v) is 8.27. The van der Waals surface area contributed by atoms with Crippen molar-refractivity contribution in [2.75, 3.05) is 6.54 Å². The van der Waals surface area contributed by atoms with Crippen molar-refractivity contribution in [3.8, 4) is 0 Å². The number of pyridine rings is 1. The maximum Gasteiger partial charge on any atom is 0.246 e. The number of carbonyl (C=O) groups excluding carboxylic acids is 2. The lowest BCUT2D eigenvalue weighted by Gasteiger charge is -2.09. The summed E-state index contributed by atoms with van der Waals surface area (Å²) < 4.78 is 0. The average molecular weight is 330 g/mol. The lowest BCUT2D eigenvalue weighted by Crippen LogP contribution is -2.46. The van der Waals surface area contributed by atoms with Crippen LogP contribution in [0.2, 0.25) is 0 Å². The Balaban J connectivity index is 1.41. The van der Waals surface area contributed by atoms with Gasteiger partial charge in [0, 0.05) is 12.6 Å². The Labute approximate surface area is 140 Å². The molecule has 0 saturated heterocycles. The van der Waals surface area contributed by atoms with Crippen molar-refractivity contribution in [3.63, 3.8) is 0 Å². The minimum atomic E-state index is -0.349. The molecule has 2 heterocycles. The molecule has 8 nitrogen and oxygen atoms in total. The summed E-state index contributed by atoms with van der Waals surface area (Å²) in [6.45, 7) is -0.0551. The second-order valence-corrected chi connectivity index (χ2v) is 6.08.